The molecule has 6 nitrogen and oxygen atoms in total. The standard InChI is InChI=1S/C15H14ClN3O3/c1-10(20)18-13-4-3-9-17-14(13)19(15(21)22-2)12-7-5-11(16)6-8-12/h3-9H,1-2H3,(H,18,20). The van der Waals surface area contributed by atoms with Crippen molar-refractivity contribution < 1.29 is 14.3 Å². The molecule has 0 unspecified atom stereocenters. The van der Waals surface area contributed by atoms with E-state index in [1.54, 1.807) is 36.4 Å². The van der Waals surface area contributed by atoms with Gasteiger partial charge >= 0.3 is 6.09 Å². The van der Waals surface area contributed by atoms with Crippen molar-refractivity contribution in [2.75, 3.05) is 17.3 Å². The van der Waals surface area contributed by atoms with Gasteiger partial charge in [-0.2, -0.15) is 0 Å². The molecule has 0 fully saturated rings. The molecular formula is C15H14ClN3O3. The summed E-state index contributed by atoms with van der Waals surface area (Å²) < 4.78 is 4.81. The molecule has 7 heteroatoms. The van der Waals surface area contributed by atoms with Crippen LogP contribution in [-0.2, 0) is 9.53 Å². The topological polar surface area (TPSA) is 71.5 Å². The van der Waals surface area contributed by atoms with E-state index in [0.717, 1.165) is 0 Å². The molecule has 0 aliphatic rings. The zero-order valence-corrected chi connectivity index (χ0v) is 12.8. The van der Waals surface area contributed by atoms with Gasteiger partial charge < -0.3 is 10.1 Å². The van der Waals surface area contributed by atoms with Crippen molar-refractivity contribution in [3.8, 4) is 0 Å². The van der Waals surface area contributed by atoms with Gasteiger partial charge in [0.25, 0.3) is 0 Å². The molecule has 2 rings (SSSR count). The zero-order valence-electron chi connectivity index (χ0n) is 12.0. The van der Waals surface area contributed by atoms with Gasteiger partial charge in [0.2, 0.25) is 5.91 Å². The van der Waals surface area contributed by atoms with Crippen LogP contribution < -0.4 is 10.2 Å². The predicted molar refractivity (Wildman–Crippen MR) is 84.5 cm³/mol. The van der Waals surface area contributed by atoms with E-state index in [0.29, 0.717) is 16.4 Å². The highest BCUT2D eigenvalue weighted by Crippen LogP contribution is 2.31. The molecule has 22 heavy (non-hydrogen) atoms. The number of hydrogen-bond acceptors (Lipinski definition) is 4. The summed E-state index contributed by atoms with van der Waals surface area (Å²) >= 11 is 5.87. The molecule has 0 saturated carbocycles. The molecule has 0 atom stereocenters. The van der Waals surface area contributed by atoms with E-state index >= 15 is 0 Å². The number of methoxy groups -OCH3 is 1. The largest absolute Gasteiger partial charge is 0.452 e. The first-order valence-electron chi connectivity index (χ1n) is 6.39. The molecule has 0 saturated heterocycles. The van der Waals surface area contributed by atoms with Gasteiger partial charge in [-0.1, -0.05) is 11.6 Å². The zero-order chi connectivity index (χ0) is 16.1. The van der Waals surface area contributed by atoms with E-state index < -0.39 is 6.09 Å². The number of hydrogen-bond donors (Lipinski definition) is 1. The number of amides is 2. The van der Waals surface area contributed by atoms with Crippen LogP contribution in [0.5, 0.6) is 0 Å². The van der Waals surface area contributed by atoms with E-state index in [1.807, 2.05) is 0 Å². The highest BCUT2D eigenvalue weighted by atomic mass is 35.5. The quantitative estimate of drug-likeness (QED) is 0.938. The Bertz CT molecular complexity index is 689. The third-order valence-corrected chi connectivity index (χ3v) is 3.00. The Morgan fingerprint density at radius 2 is 1.91 bits per heavy atom. The average molecular weight is 320 g/mol. The minimum Gasteiger partial charge on any atom is -0.452 e. The molecule has 1 aromatic carbocycles. The van der Waals surface area contributed by atoms with Gasteiger partial charge in [-0.25, -0.2) is 14.7 Å². The summed E-state index contributed by atoms with van der Waals surface area (Å²) in [5, 5.41) is 3.18. The first-order chi connectivity index (χ1) is 10.5. The molecule has 0 aliphatic carbocycles. The number of pyridine rings is 1. The van der Waals surface area contributed by atoms with Crippen molar-refractivity contribution in [1.82, 2.24) is 4.98 Å². The normalized spacial score (nSPS) is 9.95. The van der Waals surface area contributed by atoms with E-state index in [1.165, 1.54) is 25.1 Å². The Labute approximate surface area is 132 Å². The maximum atomic E-state index is 12.2. The Balaban J connectivity index is 2.53. The molecule has 2 amide bonds. The van der Waals surface area contributed by atoms with Crippen molar-refractivity contribution in [3.63, 3.8) is 0 Å². The van der Waals surface area contributed by atoms with Gasteiger partial charge in [0.1, 0.15) is 0 Å². The molecule has 1 aromatic heterocycles. The SMILES string of the molecule is COC(=O)N(c1ccc(Cl)cc1)c1ncccc1NC(C)=O. The molecule has 0 aliphatic heterocycles. The second-order valence-electron chi connectivity index (χ2n) is 4.34. The van der Waals surface area contributed by atoms with Gasteiger partial charge in [0.15, 0.2) is 5.82 Å². The molecule has 2 aromatic rings. The van der Waals surface area contributed by atoms with Gasteiger partial charge in [-0.05, 0) is 36.4 Å². The first kappa shape index (κ1) is 15.8. The highest BCUT2D eigenvalue weighted by Gasteiger charge is 2.23. The molecule has 0 radical (unpaired) electrons. The fourth-order valence-electron chi connectivity index (χ4n) is 1.86. The van der Waals surface area contributed by atoms with Crippen LogP contribution in [0, 0.1) is 0 Å². The summed E-state index contributed by atoms with van der Waals surface area (Å²) in [5.41, 5.74) is 0.914. The van der Waals surface area contributed by atoms with Gasteiger partial charge in [0.05, 0.1) is 18.5 Å². The van der Waals surface area contributed by atoms with Crippen LogP contribution in [0.15, 0.2) is 42.6 Å². The number of carbonyl (C=O) groups excluding carboxylic acids is 2. The van der Waals surface area contributed by atoms with Crippen LogP contribution in [0.2, 0.25) is 5.02 Å². The highest BCUT2D eigenvalue weighted by molar-refractivity contribution is 6.30. The maximum Gasteiger partial charge on any atom is 0.419 e. The Hall–Kier alpha value is -2.60. The van der Waals surface area contributed by atoms with Gasteiger partial charge in [0, 0.05) is 18.1 Å². The predicted octanol–water partition coefficient (Wildman–Crippen LogP) is 3.60. The second kappa shape index (κ2) is 6.91. The third-order valence-electron chi connectivity index (χ3n) is 2.75. The summed E-state index contributed by atoms with van der Waals surface area (Å²) in [6.45, 7) is 1.38. The van der Waals surface area contributed by atoms with Crippen LogP contribution in [0.4, 0.5) is 22.0 Å². The molecule has 0 bridgehead atoms. The maximum absolute atomic E-state index is 12.2. The van der Waals surface area contributed by atoms with Gasteiger partial charge in [-0.15, -0.1) is 0 Å². The third kappa shape index (κ3) is 3.53. The summed E-state index contributed by atoms with van der Waals surface area (Å²) in [6.07, 6.45) is 0.889. The van der Waals surface area contributed by atoms with E-state index in [9.17, 15) is 9.59 Å². The van der Waals surface area contributed by atoms with Crippen molar-refractivity contribution in [2.24, 2.45) is 0 Å². The van der Waals surface area contributed by atoms with Crippen LogP contribution in [0.1, 0.15) is 6.92 Å². The first-order valence-corrected chi connectivity index (χ1v) is 6.77. The number of carbonyl (C=O) groups is 2. The molecule has 1 heterocycles. The van der Waals surface area contributed by atoms with Crippen LogP contribution in [-0.4, -0.2) is 24.1 Å². The number of halogens is 1. The second-order valence-corrected chi connectivity index (χ2v) is 4.77. The Morgan fingerprint density at radius 1 is 1.23 bits per heavy atom. The minimum absolute atomic E-state index is 0.256. The minimum atomic E-state index is -0.632. The lowest BCUT2D eigenvalue weighted by Gasteiger charge is -2.22. The lowest BCUT2D eigenvalue weighted by molar-refractivity contribution is -0.114. The number of rotatable bonds is 3. The van der Waals surface area contributed by atoms with Crippen LogP contribution in [0.3, 0.4) is 0 Å². The number of nitrogens with zero attached hydrogens (tertiary/aromatic N) is 2. The van der Waals surface area contributed by atoms with E-state index in [2.05, 4.69) is 10.3 Å². The number of ether oxygens (including phenoxy) is 1. The van der Waals surface area contributed by atoms with E-state index in [-0.39, 0.29) is 11.7 Å². The van der Waals surface area contributed by atoms with Crippen LogP contribution in [0.25, 0.3) is 0 Å². The number of nitrogens with one attached hydrogen (secondary N) is 1. The van der Waals surface area contributed by atoms with E-state index in [4.69, 9.17) is 16.3 Å². The number of anilines is 3. The average Bonchev–Trinajstić information content (AvgIpc) is 2.50. The van der Waals surface area contributed by atoms with Gasteiger partial charge in [-0.3, -0.25) is 4.79 Å². The summed E-state index contributed by atoms with van der Waals surface area (Å²) in [4.78, 5) is 28.9. The van der Waals surface area contributed by atoms with Crippen LogP contribution >= 0.6 is 11.6 Å². The van der Waals surface area contributed by atoms with Crippen molar-refractivity contribution in [2.45, 2.75) is 6.92 Å². The van der Waals surface area contributed by atoms with Crippen molar-refractivity contribution in [3.05, 3.63) is 47.6 Å². The number of benzene rings is 1. The molecule has 0 spiro atoms. The molecule has 1 N–H and O–H groups in total. The Kier molecular flexibility index (Phi) is 4.95. The smallest absolute Gasteiger partial charge is 0.419 e. The monoisotopic (exact) mass is 319 g/mol. The van der Waals surface area contributed by atoms with Crippen molar-refractivity contribution >= 4 is 40.8 Å². The number of aromatic nitrogens is 1. The fourth-order valence-corrected chi connectivity index (χ4v) is 1.98. The molecule has 114 valence electrons. The summed E-state index contributed by atoms with van der Waals surface area (Å²) in [5.74, 6) is -0.0120. The van der Waals surface area contributed by atoms with Crippen molar-refractivity contribution in [1.29, 1.82) is 0 Å². The lowest BCUT2D eigenvalue weighted by atomic mass is 10.2. The fraction of sp³-hybridized carbons (Fsp3) is 0.133. The Morgan fingerprint density at radius 3 is 2.50 bits per heavy atom. The summed E-state index contributed by atoms with van der Waals surface area (Å²) in [6, 6.07) is 9.92. The summed E-state index contributed by atoms with van der Waals surface area (Å²) in [7, 11) is 1.27. The lowest BCUT2D eigenvalue weighted by Crippen LogP contribution is -2.27. The molecular weight excluding hydrogens is 306 g/mol.